The molecule has 2 heterocycles. The van der Waals surface area contributed by atoms with Crippen LogP contribution in [0.5, 0.6) is 0 Å². The molecule has 1 fully saturated rings. The molecule has 6 nitrogen and oxygen atoms in total. The van der Waals surface area contributed by atoms with Crippen molar-refractivity contribution in [2.24, 2.45) is 0 Å². The SMILES string of the molecule is CCn1cc(NC(=O)/C=C/c2ccc(N3CCOCC3)cc2)cn1. The Bertz CT molecular complexity index is 700. The Kier molecular flexibility index (Phi) is 5.28. The molecule has 1 aliphatic rings. The Labute approximate surface area is 141 Å². The van der Waals surface area contributed by atoms with Crippen molar-refractivity contribution >= 4 is 23.4 Å². The maximum atomic E-state index is 11.9. The molecule has 0 unspecified atom stereocenters. The summed E-state index contributed by atoms with van der Waals surface area (Å²) in [6.45, 7) is 6.17. The number of rotatable bonds is 5. The average Bonchev–Trinajstić information content (AvgIpc) is 3.09. The smallest absolute Gasteiger partial charge is 0.248 e. The predicted octanol–water partition coefficient (Wildman–Crippen LogP) is 2.39. The number of morpholine rings is 1. The van der Waals surface area contributed by atoms with Crippen molar-refractivity contribution in [3.05, 3.63) is 48.3 Å². The topological polar surface area (TPSA) is 59.4 Å². The van der Waals surface area contributed by atoms with Gasteiger partial charge < -0.3 is 15.0 Å². The predicted molar refractivity (Wildman–Crippen MR) is 95.0 cm³/mol. The molecule has 6 heteroatoms. The highest BCUT2D eigenvalue weighted by molar-refractivity contribution is 6.01. The van der Waals surface area contributed by atoms with Gasteiger partial charge in [0.05, 0.1) is 25.1 Å². The molecule has 0 spiro atoms. The molecule has 0 atom stereocenters. The number of amides is 1. The Morgan fingerprint density at radius 2 is 2.04 bits per heavy atom. The van der Waals surface area contributed by atoms with Gasteiger partial charge >= 0.3 is 0 Å². The van der Waals surface area contributed by atoms with E-state index in [-0.39, 0.29) is 5.91 Å². The zero-order valence-electron chi connectivity index (χ0n) is 13.8. The summed E-state index contributed by atoms with van der Waals surface area (Å²) >= 11 is 0. The van der Waals surface area contributed by atoms with Gasteiger partial charge in [-0.25, -0.2) is 0 Å². The third kappa shape index (κ3) is 4.23. The van der Waals surface area contributed by atoms with Crippen molar-refractivity contribution in [1.29, 1.82) is 0 Å². The van der Waals surface area contributed by atoms with E-state index in [9.17, 15) is 4.79 Å². The second-order valence-electron chi connectivity index (χ2n) is 5.60. The van der Waals surface area contributed by atoms with E-state index in [4.69, 9.17) is 4.74 Å². The zero-order chi connectivity index (χ0) is 16.8. The fourth-order valence-corrected chi connectivity index (χ4v) is 2.57. The Morgan fingerprint density at radius 1 is 1.29 bits per heavy atom. The summed E-state index contributed by atoms with van der Waals surface area (Å²) in [5, 5.41) is 6.92. The molecular weight excluding hydrogens is 304 g/mol. The van der Waals surface area contributed by atoms with Crippen molar-refractivity contribution in [2.45, 2.75) is 13.5 Å². The summed E-state index contributed by atoms with van der Waals surface area (Å²) in [5.74, 6) is -0.164. The lowest BCUT2D eigenvalue weighted by molar-refractivity contribution is -0.111. The number of carbonyl (C=O) groups is 1. The molecule has 1 N–H and O–H groups in total. The molecule has 0 radical (unpaired) electrons. The van der Waals surface area contributed by atoms with Gasteiger partial charge in [0.25, 0.3) is 0 Å². The molecule has 126 valence electrons. The van der Waals surface area contributed by atoms with E-state index in [0.29, 0.717) is 5.69 Å². The Morgan fingerprint density at radius 3 is 2.71 bits per heavy atom. The van der Waals surface area contributed by atoms with Crippen LogP contribution in [-0.2, 0) is 16.1 Å². The lowest BCUT2D eigenvalue weighted by atomic mass is 10.1. The number of nitrogens with zero attached hydrogens (tertiary/aromatic N) is 3. The molecule has 24 heavy (non-hydrogen) atoms. The van der Waals surface area contributed by atoms with Crippen LogP contribution in [-0.4, -0.2) is 42.0 Å². The maximum absolute atomic E-state index is 11.9. The second kappa shape index (κ2) is 7.79. The summed E-state index contributed by atoms with van der Waals surface area (Å²) in [4.78, 5) is 14.2. The average molecular weight is 326 g/mol. The largest absolute Gasteiger partial charge is 0.378 e. The van der Waals surface area contributed by atoms with Gasteiger partial charge in [-0.1, -0.05) is 12.1 Å². The number of benzene rings is 1. The number of nitrogens with one attached hydrogen (secondary N) is 1. The number of aryl methyl sites for hydroxylation is 1. The lowest BCUT2D eigenvalue weighted by Gasteiger charge is -2.28. The summed E-state index contributed by atoms with van der Waals surface area (Å²) in [7, 11) is 0. The van der Waals surface area contributed by atoms with Crippen molar-refractivity contribution < 1.29 is 9.53 Å². The monoisotopic (exact) mass is 326 g/mol. The first kappa shape index (κ1) is 16.3. The van der Waals surface area contributed by atoms with Gasteiger partial charge in [0.15, 0.2) is 0 Å². The van der Waals surface area contributed by atoms with Crippen LogP contribution < -0.4 is 10.2 Å². The fourth-order valence-electron chi connectivity index (χ4n) is 2.57. The van der Waals surface area contributed by atoms with Gasteiger partial charge in [-0.2, -0.15) is 5.10 Å². The maximum Gasteiger partial charge on any atom is 0.248 e. The van der Waals surface area contributed by atoms with E-state index in [1.54, 1.807) is 10.9 Å². The van der Waals surface area contributed by atoms with Crippen LogP contribution in [0.4, 0.5) is 11.4 Å². The number of anilines is 2. The Hall–Kier alpha value is -2.60. The molecule has 0 saturated carbocycles. The molecule has 2 aromatic rings. The summed E-state index contributed by atoms with van der Waals surface area (Å²) < 4.78 is 7.13. The van der Waals surface area contributed by atoms with E-state index in [2.05, 4.69) is 27.4 Å². The van der Waals surface area contributed by atoms with E-state index in [1.807, 2.05) is 31.3 Å². The van der Waals surface area contributed by atoms with Crippen LogP contribution in [0.25, 0.3) is 6.08 Å². The van der Waals surface area contributed by atoms with Crippen LogP contribution in [0.2, 0.25) is 0 Å². The van der Waals surface area contributed by atoms with Crippen LogP contribution in [0.15, 0.2) is 42.7 Å². The molecule has 1 saturated heterocycles. The fraction of sp³-hybridized carbons (Fsp3) is 0.333. The Balaban J connectivity index is 1.56. The number of ether oxygens (including phenoxy) is 1. The molecule has 0 aliphatic carbocycles. The van der Waals surface area contributed by atoms with Crippen molar-refractivity contribution in [2.75, 3.05) is 36.5 Å². The summed E-state index contributed by atoms with van der Waals surface area (Å²) in [5.41, 5.74) is 2.88. The molecule has 1 amide bonds. The summed E-state index contributed by atoms with van der Waals surface area (Å²) in [6.07, 6.45) is 6.80. The van der Waals surface area contributed by atoms with Gasteiger partial charge in [0.2, 0.25) is 5.91 Å². The number of aromatic nitrogens is 2. The third-order valence-electron chi connectivity index (χ3n) is 3.92. The zero-order valence-corrected chi connectivity index (χ0v) is 13.8. The standard InChI is InChI=1S/C18H22N4O2/c1-2-22-14-16(13-19-22)20-18(23)8-5-15-3-6-17(7-4-15)21-9-11-24-12-10-21/h3-8,13-14H,2,9-12H2,1H3,(H,20,23)/b8-5+. The molecule has 1 aliphatic heterocycles. The van der Waals surface area contributed by atoms with Gasteiger partial charge in [-0.05, 0) is 30.7 Å². The van der Waals surface area contributed by atoms with Gasteiger partial charge in [-0.3, -0.25) is 9.48 Å². The highest BCUT2D eigenvalue weighted by Crippen LogP contribution is 2.17. The van der Waals surface area contributed by atoms with Crippen LogP contribution in [0, 0.1) is 0 Å². The third-order valence-corrected chi connectivity index (χ3v) is 3.92. The minimum atomic E-state index is -0.164. The van der Waals surface area contributed by atoms with E-state index >= 15 is 0 Å². The van der Waals surface area contributed by atoms with Gasteiger partial charge in [0.1, 0.15) is 0 Å². The van der Waals surface area contributed by atoms with Crippen LogP contribution in [0.3, 0.4) is 0 Å². The minimum absolute atomic E-state index is 0.164. The second-order valence-corrected chi connectivity index (χ2v) is 5.60. The molecular formula is C18H22N4O2. The van der Waals surface area contributed by atoms with E-state index in [0.717, 1.165) is 38.4 Å². The molecule has 3 rings (SSSR count). The molecule has 1 aromatic heterocycles. The first-order valence-corrected chi connectivity index (χ1v) is 8.19. The number of carbonyl (C=O) groups excluding carboxylic acids is 1. The first-order valence-electron chi connectivity index (χ1n) is 8.19. The molecule has 1 aromatic carbocycles. The van der Waals surface area contributed by atoms with E-state index in [1.165, 1.54) is 11.8 Å². The summed E-state index contributed by atoms with van der Waals surface area (Å²) in [6, 6.07) is 8.19. The first-order chi connectivity index (χ1) is 11.7. The van der Waals surface area contributed by atoms with Crippen LogP contribution in [0.1, 0.15) is 12.5 Å². The lowest BCUT2D eigenvalue weighted by Crippen LogP contribution is -2.36. The van der Waals surface area contributed by atoms with Gasteiger partial charge in [-0.15, -0.1) is 0 Å². The van der Waals surface area contributed by atoms with Crippen molar-refractivity contribution in [3.8, 4) is 0 Å². The highest BCUT2D eigenvalue weighted by Gasteiger charge is 2.10. The molecule has 0 bridgehead atoms. The normalized spacial score (nSPS) is 15.0. The van der Waals surface area contributed by atoms with E-state index < -0.39 is 0 Å². The quantitative estimate of drug-likeness (QED) is 0.857. The number of hydrogen-bond donors (Lipinski definition) is 1. The van der Waals surface area contributed by atoms with Gasteiger partial charge in [0, 0.05) is 37.6 Å². The number of hydrogen-bond acceptors (Lipinski definition) is 4. The van der Waals surface area contributed by atoms with Crippen LogP contribution >= 0.6 is 0 Å². The van der Waals surface area contributed by atoms with Crippen molar-refractivity contribution in [3.63, 3.8) is 0 Å². The van der Waals surface area contributed by atoms with Crippen molar-refractivity contribution in [1.82, 2.24) is 9.78 Å². The minimum Gasteiger partial charge on any atom is -0.378 e. The highest BCUT2D eigenvalue weighted by atomic mass is 16.5.